The second-order valence-electron chi connectivity index (χ2n) is 7.52. The molecule has 0 saturated carbocycles. The summed E-state index contributed by atoms with van der Waals surface area (Å²) in [6.45, 7) is 14.2. The molecule has 1 rings (SSSR count). The second kappa shape index (κ2) is 6.65. The summed E-state index contributed by atoms with van der Waals surface area (Å²) in [5.41, 5.74) is 3.66. The van der Waals surface area contributed by atoms with Gasteiger partial charge in [-0.15, -0.1) is 22.4 Å². The van der Waals surface area contributed by atoms with Gasteiger partial charge in [0.25, 0.3) is 0 Å². The molecule has 1 aromatic carbocycles. The molecule has 106 valence electrons. The first-order valence-electron chi connectivity index (χ1n) is 7.34. The molecule has 19 heavy (non-hydrogen) atoms. The fourth-order valence-electron chi connectivity index (χ4n) is 2.46. The quantitative estimate of drug-likeness (QED) is 0.503. The summed E-state index contributed by atoms with van der Waals surface area (Å²) in [5.74, 6) is 0.630. The number of halogens is 1. The minimum Gasteiger partial charge on any atom is -0.148 e. The fraction of sp³-hybridized carbons (Fsp3) is 0.647. The van der Waals surface area contributed by atoms with Crippen LogP contribution in [0.4, 0.5) is 0 Å². The Morgan fingerprint density at radius 3 is 1.95 bits per heavy atom. The van der Waals surface area contributed by atoms with Crippen LogP contribution in [0.15, 0.2) is 24.3 Å². The van der Waals surface area contributed by atoms with Crippen LogP contribution in [-0.2, 0) is 0 Å². The minimum absolute atomic E-state index is 0.318. The van der Waals surface area contributed by atoms with Gasteiger partial charge in [-0.25, -0.2) is 0 Å². The Morgan fingerprint density at radius 1 is 1.05 bits per heavy atom. The Balaban J connectivity index is 3.03. The molecule has 1 unspecified atom stereocenters. The molecule has 0 heterocycles. The van der Waals surface area contributed by atoms with E-state index in [4.69, 9.17) is 0 Å². The van der Waals surface area contributed by atoms with Crippen LogP contribution in [0.1, 0.15) is 65.9 Å². The summed E-state index contributed by atoms with van der Waals surface area (Å²) < 4.78 is 0. The molecule has 0 aliphatic heterocycles. The van der Waals surface area contributed by atoms with Gasteiger partial charge < -0.3 is 0 Å². The molecule has 0 aliphatic carbocycles. The minimum atomic E-state index is 0.318. The van der Waals surface area contributed by atoms with E-state index in [2.05, 4.69) is 88.2 Å². The normalized spacial score (nSPS) is 14.3. The van der Waals surface area contributed by atoms with Crippen LogP contribution in [0.25, 0.3) is 0 Å². The lowest BCUT2D eigenvalue weighted by atomic mass is 9.67. The predicted octanol–water partition coefficient (Wildman–Crippen LogP) is 5.05. The van der Waals surface area contributed by atoms with E-state index in [-0.39, 0.29) is 0 Å². The number of hydrogen-bond acceptors (Lipinski definition) is 0. The van der Waals surface area contributed by atoms with Gasteiger partial charge in [0.05, 0.1) is 0 Å². The van der Waals surface area contributed by atoms with Crippen LogP contribution in [0.2, 0.25) is 0 Å². The highest BCUT2D eigenvalue weighted by Crippen LogP contribution is 2.44. The maximum Gasteiger partial charge on any atom is 0.232 e. The van der Waals surface area contributed by atoms with Crippen LogP contribution in [0.3, 0.4) is 0 Å². The Labute approximate surface area is 133 Å². The summed E-state index contributed by atoms with van der Waals surface area (Å²) in [5, 5.41) is 1.10. The Morgan fingerprint density at radius 2 is 1.58 bits per heavy atom. The van der Waals surface area contributed by atoms with Gasteiger partial charge in [0.2, 0.25) is 5.14 Å². The average molecular weight is 370 g/mol. The topological polar surface area (TPSA) is 0 Å². The maximum atomic E-state index is 2.43. The van der Waals surface area contributed by atoms with E-state index in [9.17, 15) is 0 Å². The van der Waals surface area contributed by atoms with E-state index in [1.807, 2.05) is 0 Å². The highest BCUT2D eigenvalue weighted by molar-refractivity contribution is 14.1. The molecular weight excluding hydrogens is 342 g/mol. The van der Waals surface area contributed by atoms with E-state index >= 15 is 0 Å². The van der Waals surface area contributed by atoms with Crippen molar-refractivity contribution in [1.82, 2.24) is 0 Å². The van der Waals surface area contributed by atoms with Crippen molar-refractivity contribution >= 4 is 33.0 Å². The molecular formula is C17H28BI. The van der Waals surface area contributed by atoms with Crippen LogP contribution in [-0.4, -0.2) is 5.14 Å². The summed E-state index contributed by atoms with van der Waals surface area (Å²) in [7, 11) is 0. The molecule has 0 fully saturated rings. The van der Waals surface area contributed by atoms with Crippen molar-refractivity contribution in [2.75, 3.05) is 0 Å². The molecule has 0 aromatic heterocycles. The Bertz CT molecular complexity index is 387. The largest absolute Gasteiger partial charge is 0.232 e. The van der Waals surface area contributed by atoms with Gasteiger partial charge in [0.15, 0.2) is 0 Å². The lowest BCUT2D eigenvalue weighted by Gasteiger charge is -2.37. The van der Waals surface area contributed by atoms with Crippen molar-refractivity contribution in [3.63, 3.8) is 0 Å². The van der Waals surface area contributed by atoms with E-state index in [1.54, 1.807) is 0 Å². The lowest BCUT2D eigenvalue weighted by molar-refractivity contribution is 0.209. The van der Waals surface area contributed by atoms with Gasteiger partial charge in [0.1, 0.15) is 0 Å². The Hall–Kier alpha value is 0.0149. The SMILES string of the molecule is CCC(C)(C)CC(c1ccc(BI)cc1)C(C)(C)C. The standard InChI is InChI=1S/C17H28BI/c1-7-17(5,6)12-15(16(2,3)4)13-8-10-14(18-19)11-9-13/h8-11,15,18H,7,12H2,1-6H3. The average Bonchev–Trinajstić information content (AvgIpc) is 2.35. The van der Waals surface area contributed by atoms with Gasteiger partial charge in [-0.3, -0.25) is 0 Å². The molecule has 0 aliphatic rings. The van der Waals surface area contributed by atoms with E-state index < -0.39 is 0 Å². The molecule has 0 amide bonds. The summed E-state index contributed by atoms with van der Waals surface area (Å²) >= 11 is 2.43. The van der Waals surface area contributed by atoms with Crippen molar-refractivity contribution in [1.29, 1.82) is 0 Å². The van der Waals surface area contributed by atoms with Crippen molar-refractivity contribution in [3.8, 4) is 0 Å². The third-order valence-corrected chi connectivity index (χ3v) is 5.18. The zero-order valence-corrected chi connectivity index (χ0v) is 15.5. The summed E-state index contributed by atoms with van der Waals surface area (Å²) in [6, 6.07) is 9.27. The van der Waals surface area contributed by atoms with Crippen molar-refractivity contribution in [3.05, 3.63) is 29.8 Å². The van der Waals surface area contributed by atoms with E-state index in [0.717, 1.165) is 5.14 Å². The molecule has 0 saturated heterocycles. The van der Waals surface area contributed by atoms with Crippen LogP contribution >= 0.6 is 22.4 Å². The van der Waals surface area contributed by atoms with Gasteiger partial charge in [0, 0.05) is 0 Å². The lowest BCUT2D eigenvalue weighted by Crippen LogP contribution is -2.25. The number of benzene rings is 1. The molecule has 0 radical (unpaired) electrons. The smallest absolute Gasteiger partial charge is 0.148 e. The fourth-order valence-corrected chi connectivity index (χ4v) is 2.97. The molecule has 0 N–H and O–H groups in total. The predicted molar refractivity (Wildman–Crippen MR) is 98.1 cm³/mol. The maximum absolute atomic E-state index is 2.43. The molecule has 2 heteroatoms. The first-order chi connectivity index (χ1) is 8.69. The Kier molecular flexibility index (Phi) is 5.97. The highest BCUT2D eigenvalue weighted by Gasteiger charge is 2.31. The van der Waals surface area contributed by atoms with Crippen LogP contribution in [0, 0.1) is 10.8 Å². The first kappa shape index (κ1) is 17.1. The van der Waals surface area contributed by atoms with Crippen molar-refractivity contribution in [2.45, 2.75) is 60.3 Å². The summed E-state index contributed by atoms with van der Waals surface area (Å²) in [6.07, 6.45) is 2.50. The molecule has 1 aromatic rings. The number of rotatable bonds is 5. The molecule has 0 nitrogen and oxygen atoms in total. The van der Waals surface area contributed by atoms with Gasteiger partial charge in [-0.2, -0.15) is 0 Å². The van der Waals surface area contributed by atoms with E-state index in [1.165, 1.54) is 23.9 Å². The highest BCUT2D eigenvalue weighted by atomic mass is 127. The van der Waals surface area contributed by atoms with Gasteiger partial charge in [-0.1, -0.05) is 77.7 Å². The van der Waals surface area contributed by atoms with Crippen molar-refractivity contribution < 1.29 is 0 Å². The van der Waals surface area contributed by atoms with E-state index in [0.29, 0.717) is 16.7 Å². The molecule has 0 bridgehead atoms. The zero-order chi connectivity index (χ0) is 14.7. The monoisotopic (exact) mass is 370 g/mol. The van der Waals surface area contributed by atoms with Crippen molar-refractivity contribution in [2.24, 2.45) is 10.8 Å². The third-order valence-electron chi connectivity index (χ3n) is 4.30. The molecule has 0 spiro atoms. The summed E-state index contributed by atoms with van der Waals surface area (Å²) in [4.78, 5) is 0. The number of hydrogen-bond donors (Lipinski definition) is 0. The van der Waals surface area contributed by atoms with Gasteiger partial charge >= 0.3 is 0 Å². The van der Waals surface area contributed by atoms with Crippen LogP contribution in [0.5, 0.6) is 0 Å². The zero-order valence-electron chi connectivity index (χ0n) is 13.4. The first-order valence-corrected chi connectivity index (χ1v) is 8.87. The molecule has 1 atom stereocenters. The van der Waals surface area contributed by atoms with Crippen LogP contribution < -0.4 is 5.46 Å². The van der Waals surface area contributed by atoms with Gasteiger partial charge in [-0.05, 0) is 28.7 Å². The third kappa shape index (κ3) is 5.13. The second-order valence-corrected chi connectivity index (χ2v) is 8.28.